The van der Waals surface area contributed by atoms with E-state index in [4.69, 9.17) is 0 Å². The maximum absolute atomic E-state index is 3.91. The van der Waals surface area contributed by atoms with Crippen LogP contribution in [-0.2, 0) is 0 Å². The average Bonchev–Trinajstić information content (AvgIpc) is 1.69. The third-order valence-electron chi connectivity index (χ3n) is 0.782. The molecule has 0 unspecified atom stereocenters. The first-order valence-corrected chi connectivity index (χ1v) is 2.75. The van der Waals surface area contributed by atoms with Crippen LogP contribution in [0.3, 0.4) is 0 Å². The summed E-state index contributed by atoms with van der Waals surface area (Å²) < 4.78 is 0. The van der Waals surface area contributed by atoms with E-state index < -0.39 is 0 Å². The predicted octanol–water partition coefficient (Wildman–Crippen LogP) is 2.14. The van der Waals surface area contributed by atoms with Crippen LogP contribution in [0.2, 0.25) is 0 Å². The Hall–Kier alpha value is -0.510. The molecule has 0 bridgehead atoms. The van der Waals surface area contributed by atoms with Crippen molar-refractivity contribution < 1.29 is 0 Å². The van der Waals surface area contributed by atoms with Gasteiger partial charge in [0.1, 0.15) is 0 Å². The lowest BCUT2D eigenvalue weighted by Crippen LogP contribution is -1.71. The van der Waals surface area contributed by atoms with Gasteiger partial charge in [-0.15, -0.1) is 0 Å². The summed E-state index contributed by atoms with van der Waals surface area (Å²) in [5.74, 6) is 0. The molecule has 0 rings (SSSR count). The summed E-state index contributed by atoms with van der Waals surface area (Å²) in [6.07, 6.45) is 2.42. The first-order valence-electron chi connectivity index (χ1n) is 2.75. The number of hydrogen-bond donors (Lipinski definition) is 0. The van der Waals surface area contributed by atoms with Crippen molar-refractivity contribution in [3.63, 3.8) is 0 Å². The molecular weight excluding hydrogens is 86.1 g/mol. The topological polar surface area (TPSA) is 4.36 Å². The van der Waals surface area contributed by atoms with E-state index in [0.29, 0.717) is 0 Å². The van der Waals surface area contributed by atoms with Gasteiger partial charge < -0.3 is 0 Å². The van der Waals surface area contributed by atoms with E-state index in [1.54, 1.807) is 0 Å². The Morgan fingerprint density at radius 1 is 1.57 bits per heavy atom. The lowest BCUT2D eigenvalue weighted by atomic mass is 10.3. The summed E-state index contributed by atoms with van der Waals surface area (Å²) in [5.41, 5.74) is 0. The molecule has 0 aromatic rings. The van der Waals surface area contributed by atoms with Crippen LogP contribution in [0.4, 0.5) is 0 Å². The largest absolute Gasteiger partial charge is 0.269 e. The van der Waals surface area contributed by atoms with E-state index in [9.17, 15) is 0 Å². The number of hydrogen-bond acceptors (Lipinski definition) is 0. The van der Waals surface area contributed by atoms with E-state index in [-0.39, 0.29) is 0 Å². The summed E-state index contributed by atoms with van der Waals surface area (Å²) >= 11 is 0. The Morgan fingerprint density at radius 3 is 2.71 bits per heavy atom. The molecule has 0 spiro atoms. The molecule has 0 radical (unpaired) electrons. The molecule has 0 heterocycles. The standard InChI is InChI=1S/C6H12N/c1-3-5-6-7-4-2/h3,5-6H2,1-2H3/q+1. The molecule has 0 aliphatic carbocycles. The van der Waals surface area contributed by atoms with E-state index in [1.807, 2.05) is 6.92 Å². The summed E-state index contributed by atoms with van der Waals surface area (Å²) in [6.45, 7) is 4.94. The molecule has 0 saturated carbocycles. The zero-order valence-corrected chi connectivity index (χ0v) is 5.07. The quantitative estimate of drug-likeness (QED) is 0.466. The van der Waals surface area contributed by atoms with Crippen LogP contribution in [0.5, 0.6) is 0 Å². The molecule has 1 nitrogen and oxygen atoms in total. The second-order valence-corrected chi connectivity index (χ2v) is 1.46. The fourth-order valence-electron chi connectivity index (χ4n) is 0.349. The highest BCUT2D eigenvalue weighted by molar-refractivity contribution is 4.78. The van der Waals surface area contributed by atoms with Crippen LogP contribution < -0.4 is 0 Å². The van der Waals surface area contributed by atoms with Gasteiger partial charge in [-0.2, -0.15) is 0 Å². The van der Waals surface area contributed by atoms with Crippen LogP contribution in [0, 0.1) is 6.07 Å². The molecule has 0 aromatic heterocycles. The monoisotopic (exact) mass is 98.1 g/mol. The highest BCUT2D eigenvalue weighted by Gasteiger charge is 1.83. The molecule has 0 amide bonds. The van der Waals surface area contributed by atoms with E-state index in [0.717, 1.165) is 6.54 Å². The van der Waals surface area contributed by atoms with Crippen molar-refractivity contribution in [2.45, 2.75) is 26.7 Å². The second-order valence-electron chi connectivity index (χ2n) is 1.46. The molecular formula is C6H12N+. The maximum atomic E-state index is 3.91. The van der Waals surface area contributed by atoms with Crippen molar-refractivity contribution in [3.05, 3.63) is 4.85 Å². The zero-order valence-electron chi connectivity index (χ0n) is 5.07. The fraction of sp³-hybridized carbons (Fsp3) is 0.833. The van der Waals surface area contributed by atoms with Crippen molar-refractivity contribution in [1.29, 1.82) is 0 Å². The third-order valence-corrected chi connectivity index (χ3v) is 0.782. The van der Waals surface area contributed by atoms with Gasteiger partial charge in [0, 0.05) is 6.42 Å². The molecule has 0 aliphatic rings. The van der Waals surface area contributed by atoms with E-state index in [2.05, 4.69) is 17.8 Å². The highest BCUT2D eigenvalue weighted by Crippen LogP contribution is 1.84. The van der Waals surface area contributed by atoms with Gasteiger partial charge in [-0.05, 0) is 6.42 Å². The first kappa shape index (κ1) is 6.49. The Morgan fingerprint density at radius 2 is 2.29 bits per heavy atom. The first-order chi connectivity index (χ1) is 3.41. The molecule has 0 atom stereocenters. The second kappa shape index (κ2) is 5.49. The van der Waals surface area contributed by atoms with Gasteiger partial charge in [-0.3, -0.25) is 0 Å². The Balaban J connectivity index is 2.78. The van der Waals surface area contributed by atoms with Crippen molar-refractivity contribution >= 4 is 0 Å². The molecule has 40 valence electrons. The van der Waals surface area contributed by atoms with Gasteiger partial charge in [0.2, 0.25) is 0 Å². The summed E-state index contributed by atoms with van der Waals surface area (Å²) in [6, 6.07) is 2.73. The van der Waals surface area contributed by atoms with Crippen molar-refractivity contribution in [3.8, 4) is 6.07 Å². The van der Waals surface area contributed by atoms with Crippen molar-refractivity contribution in [1.82, 2.24) is 0 Å². The Bertz CT molecular complexity index is 75.9. The molecule has 1 heteroatoms. The highest BCUT2D eigenvalue weighted by atomic mass is 14.6. The summed E-state index contributed by atoms with van der Waals surface area (Å²) in [4.78, 5) is 3.91. The van der Waals surface area contributed by atoms with Crippen molar-refractivity contribution in [2.75, 3.05) is 6.54 Å². The van der Waals surface area contributed by atoms with Gasteiger partial charge in [-0.25, -0.2) is 0 Å². The smallest absolute Gasteiger partial charge is 0.0840 e. The van der Waals surface area contributed by atoms with Crippen LogP contribution in [0.25, 0.3) is 4.85 Å². The predicted molar refractivity (Wildman–Crippen MR) is 32.7 cm³/mol. The molecule has 0 aliphatic heterocycles. The van der Waals surface area contributed by atoms with Gasteiger partial charge in [0.25, 0.3) is 12.6 Å². The van der Waals surface area contributed by atoms with Gasteiger partial charge in [0.15, 0.2) is 0 Å². The lowest BCUT2D eigenvalue weighted by Gasteiger charge is -1.71. The SMILES string of the molecule is CC#[N+]CCCC. The maximum Gasteiger partial charge on any atom is 0.269 e. The summed E-state index contributed by atoms with van der Waals surface area (Å²) in [5, 5.41) is 0. The van der Waals surface area contributed by atoms with Gasteiger partial charge >= 0.3 is 0 Å². The fourth-order valence-corrected chi connectivity index (χ4v) is 0.349. The van der Waals surface area contributed by atoms with E-state index in [1.165, 1.54) is 12.8 Å². The third kappa shape index (κ3) is 5.49. The minimum Gasteiger partial charge on any atom is -0.0840 e. The molecule has 0 aromatic carbocycles. The molecule has 0 N–H and O–H groups in total. The number of rotatable bonds is 2. The summed E-state index contributed by atoms with van der Waals surface area (Å²) in [7, 11) is 0. The minimum absolute atomic E-state index is 0.951. The van der Waals surface area contributed by atoms with Crippen LogP contribution in [0.1, 0.15) is 26.7 Å². The van der Waals surface area contributed by atoms with Gasteiger partial charge in [-0.1, -0.05) is 11.8 Å². The number of unbranched alkanes of at least 4 members (excludes halogenated alkanes) is 1. The molecule has 7 heavy (non-hydrogen) atoms. The van der Waals surface area contributed by atoms with E-state index >= 15 is 0 Å². The van der Waals surface area contributed by atoms with Crippen LogP contribution in [-0.4, -0.2) is 6.54 Å². The van der Waals surface area contributed by atoms with Crippen LogP contribution in [0.15, 0.2) is 0 Å². The lowest BCUT2D eigenvalue weighted by molar-refractivity contribution is 0.859. The number of nitrogens with zero attached hydrogens (tertiary/aromatic N) is 1. The molecule has 0 fully saturated rings. The minimum atomic E-state index is 0.951. The zero-order chi connectivity index (χ0) is 5.54. The van der Waals surface area contributed by atoms with Gasteiger partial charge in [0.05, 0.1) is 6.92 Å². The Kier molecular flexibility index (Phi) is 5.09. The normalized spacial score (nSPS) is 7.14. The van der Waals surface area contributed by atoms with Crippen LogP contribution >= 0.6 is 0 Å². The average molecular weight is 98.2 g/mol. The van der Waals surface area contributed by atoms with Crippen molar-refractivity contribution in [2.24, 2.45) is 0 Å². The molecule has 0 saturated heterocycles. The Labute approximate surface area is 45.2 Å².